The molecule has 0 bridgehead atoms. The molecule has 0 unspecified atom stereocenters. The van der Waals surface area contributed by atoms with E-state index in [0.717, 1.165) is 86.0 Å². The average Bonchev–Trinajstić information content (AvgIpc) is 1.61. The predicted molar refractivity (Wildman–Crippen MR) is 484 cm³/mol. The molecule has 0 N–H and O–H groups in total. The van der Waals surface area contributed by atoms with E-state index in [9.17, 15) is 0 Å². The SMILES string of the molecule is CC1(C)c2ccccc2-c2ccc(N(c3ccc(-c4ccc(Br)cc4)cc3)c3ccc4ccccc4c3)cc21.[2H]c1c([2H])c([2H])c(N(c2ccc(-c3ccccc3)cc2)c2cccc(-c3cccc(Br)c3)c2)c([2H])c1[2H].[2H]c1c([2H])c([2H])c2c([2H])c(-c3ccc(N(c4ccc(-c5ccc(Br)cc5)cc4)c4cccc5ccccc45)cc3)c([2H])c([2H])c2c1[2H]. The Labute approximate surface area is 692 Å². The first kappa shape index (κ1) is 58.6. The highest BCUT2D eigenvalue weighted by Gasteiger charge is 2.36. The molecule has 18 aromatic carbocycles. The Morgan fingerprint density at radius 3 is 1.30 bits per heavy atom. The molecular formula is C105H76Br3N3. The van der Waals surface area contributed by atoms with Gasteiger partial charge < -0.3 is 14.7 Å². The highest BCUT2D eigenvalue weighted by molar-refractivity contribution is 9.11. The van der Waals surface area contributed by atoms with Crippen LogP contribution in [0.3, 0.4) is 0 Å². The number of para-hydroxylation sites is 1. The summed E-state index contributed by atoms with van der Waals surface area (Å²) < 4.78 is 104. The summed E-state index contributed by atoms with van der Waals surface area (Å²) in [5.41, 5.74) is 22.4. The van der Waals surface area contributed by atoms with Gasteiger partial charge in [0.05, 0.1) is 22.1 Å². The van der Waals surface area contributed by atoms with E-state index in [2.05, 4.69) is 266 Å². The van der Waals surface area contributed by atoms with Crippen molar-refractivity contribution in [2.24, 2.45) is 0 Å². The summed E-state index contributed by atoms with van der Waals surface area (Å²) in [4.78, 5) is 6.28. The Kier molecular flexibility index (Phi) is 16.9. The second-order valence-corrected chi connectivity index (χ2v) is 30.3. The lowest BCUT2D eigenvalue weighted by molar-refractivity contribution is 0.660. The Morgan fingerprint density at radius 1 is 0.234 bits per heavy atom. The van der Waals surface area contributed by atoms with Gasteiger partial charge in [-0.2, -0.15) is 0 Å². The summed E-state index contributed by atoms with van der Waals surface area (Å²) in [5, 5.41) is 4.48. The van der Waals surface area contributed by atoms with Crippen LogP contribution in [-0.4, -0.2) is 0 Å². The van der Waals surface area contributed by atoms with E-state index in [1.807, 2.05) is 146 Å². The maximum Gasteiger partial charge on any atom is 0.0645 e. The number of rotatable bonds is 14. The summed E-state index contributed by atoms with van der Waals surface area (Å²) >= 11 is 10.6. The van der Waals surface area contributed by atoms with Crippen LogP contribution in [-0.2, 0) is 5.41 Å². The van der Waals surface area contributed by atoms with E-state index in [1.54, 1.807) is 17.0 Å². The van der Waals surface area contributed by atoms with Gasteiger partial charge >= 0.3 is 0 Å². The molecule has 1 aliphatic carbocycles. The van der Waals surface area contributed by atoms with Crippen molar-refractivity contribution in [1.82, 2.24) is 0 Å². The van der Waals surface area contributed by atoms with Crippen molar-refractivity contribution in [3.8, 4) is 66.8 Å². The molecule has 0 amide bonds. The summed E-state index contributed by atoms with van der Waals surface area (Å²) in [5.74, 6) is 0. The van der Waals surface area contributed by atoms with Crippen molar-refractivity contribution in [2.45, 2.75) is 19.3 Å². The monoisotopic (exact) mass is 1630 g/mol. The van der Waals surface area contributed by atoms with Gasteiger partial charge in [0.25, 0.3) is 0 Å². The van der Waals surface area contributed by atoms with Gasteiger partial charge in [-0.15, -0.1) is 0 Å². The van der Waals surface area contributed by atoms with Crippen LogP contribution < -0.4 is 14.7 Å². The minimum Gasteiger partial charge on any atom is -0.310 e. The van der Waals surface area contributed by atoms with Crippen LogP contribution in [0.2, 0.25) is 0 Å². The Morgan fingerprint density at radius 2 is 0.667 bits per heavy atom. The van der Waals surface area contributed by atoms with Crippen LogP contribution in [0.5, 0.6) is 0 Å². The van der Waals surface area contributed by atoms with Gasteiger partial charge in [-0.1, -0.05) is 340 Å². The Bertz CT molecular complexity index is 7050. The molecule has 18 aromatic rings. The number of hydrogen-bond acceptors (Lipinski definition) is 3. The van der Waals surface area contributed by atoms with Crippen molar-refractivity contribution in [3.63, 3.8) is 0 Å². The third-order valence-electron chi connectivity index (χ3n) is 20.3. The zero-order valence-corrected chi connectivity index (χ0v) is 65.2. The smallest absolute Gasteiger partial charge is 0.0645 e. The molecule has 0 saturated carbocycles. The molecule has 0 aromatic heterocycles. The predicted octanol–water partition coefficient (Wildman–Crippen LogP) is 31.9. The van der Waals surface area contributed by atoms with Crippen LogP contribution in [0.1, 0.15) is 41.4 Å². The molecule has 3 nitrogen and oxygen atoms in total. The van der Waals surface area contributed by atoms with Gasteiger partial charge in [0.2, 0.25) is 0 Å². The third kappa shape index (κ3) is 15.4. The fourth-order valence-corrected chi connectivity index (χ4v) is 15.6. The van der Waals surface area contributed by atoms with E-state index < -0.39 is 24.2 Å². The van der Waals surface area contributed by atoms with E-state index in [1.165, 1.54) is 49.8 Å². The maximum atomic E-state index is 8.96. The lowest BCUT2D eigenvalue weighted by Crippen LogP contribution is -2.16. The number of halogens is 3. The fourth-order valence-electron chi connectivity index (χ4n) is 14.7. The van der Waals surface area contributed by atoms with Crippen LogP contribution >= 0.6 is 47.8 Å². The zero-order chi connectivity index (χ0) is 85.6. The largest absolute Gasteiger partial charge is 0.310 e. The van der Waals surface area contributed by atoms with Gasteiger partial charge in [-0.05, 0) is 250 Å². The lowest BCUT2D eigenvalue weighted by Gasteiger charge is -2.28. The second kappa shape index (κ2) is 32.0. The van der Waals surface area contributed by atoms with Crippen molar-refractivity contribution in [3.05, 3.63) is 449 Å². The van der Waals surface area contributed by atoms with Crippen molar-refractivity contribution in [2.75, 3.05) is 14.7 Å². The number of benzene rings is 18. The van der Waals surface area contributed by atoms with Crippen LogP contribution in [0.15, 0.2) is 438 Å². The zero-order valence-electron chi connectivity index (χ0n) is 72.5. The van der Waals surface area contributed by atoms with Gasteiger partial charge in [-0.3, -0.25) is 0 Å². The summed E-state index contributed by atoms with van der Waals surface area (Å²) in [6.45, 7) is 4.68. The quantitative estimate of drug-likeness (QED) is 0.107. The van der Waals surface area contributed by atoms with Gasteiger partial charge in [-0.25, -0.2) is 0 Å². The summed E-state index contributed by atoms with van der Waals surface area (Å²) in [6, 6.07) is 116. The van der Waals surface area contributed by atoms with Crippen molar-refractivity contribution >= 4 is 131 Å². The van der Waals surface area contributed by atoms with Gasteiger partial charge in [0.15, 0.2) is 0 Å². The molecule has 0 heterocycles. The minimum absolute atomic E-state index is 0.0531. The molecule has 1 aliphatic rings. The summed E-state index contributed by atoms with van der Waals surface area (Å²) in [6.07, 6.45) is 0. The van der Waals surface area contributed by atoms with Crippen LogP contribution in [0.4, 0.5) is 51.2 Å². The van der Waals surface area contributed by atoms with E-state index in [-0.39, 0.29) is 75.8 Å². The van der Waals surface area contributed by atoms with Gasteiger partial charge in [0, 0.05) is 69.7 Å². The molecular weight excluding hydrogens is 1540 g/mol. The number of fused-ring (bicyclic) bond motifs is 6. The van der Waals surface area contributed by atoms with Crippen LogP contribution in [0, 0.1) is 0 Å². The topological polar surface area (TPSA) is 9.72 Å². The van der Waals surface area contributed by atoms with Crippen LogP contribution in [0.25, 0.3) is 99.1 Å². The first-order valence-corrected chi connectivity index (χ1v) is 38.9. The maximum absolute atomic E-state index is 8.96. The average molecular weight is 1630 g/mol. The van der Waals surface area contributed by atoms with Crippen molar-refractivity contribution < 1.29 is 16.4 Å². The molecule has 0 radical (unpaired) electrons. The Hall–Kier alpha value is -12.4. The standard InChI is InChI=1S/C38H26BrN.C37H28BrN.C30H22BrN/c39-34-20-14-28(15-21-34)29-16-22-35(23-17-29)40(38-11-5-9-31-7-3-4-10-37(31)38)36-24-18-30(19-25-36)33-13-12-27-6-1-2-8-32(27)26-33;1-37(2)35-10-6-5-9-33(35)34-22-21-32(24-36(34)37)39(31-20-15-25-7-3-4-8-28(25)23-31)30-18-13-27(14-19-30)26-11-16-29(38)17-12-26;31-27-13-7-11-25(21-27)26-12-8-16-30(22-26)32(28-14-5-2-6-15-28)29-19-17-24(18-20-29)23-9-3-1-4-10-23/h1-26H;3-24H,1-2H3;1-22H/i1D,2D,6D,8D,12D,13D,26D;;2D,5D,6D,14D,15D. The molecule has 532 valence electrons. The number of nitrogens with zero attached hydrogens (tertiary/aromatic N) is 3. The van der Waals surface area contributed by atoms with E-state index >= 15 is 0 Å². The second-order valence-electron chi connectivity index (χ2n) is 27.5. The fraction of sp³-hybridized carbons (Fsp3) is 0.0286. The first-order chi connectivity index (χ1) is 59.5. The normalized spacial score (nSPS) is 13.2. The third-order valence-corrected chi connectivity index (χ3v) is 21.9. The highest BCUT2D eigenvalue weighted by Crippen LogP contribution is 2.51. The molecule has 6 heteroatoms. The van der Waals surface area contributed by atoms with E-state index in [0.29, 0.717) is 16.9 Å². The molecule has 0 spiro atoms. The lowest BCUT2D eigenvalue weighted by atomic mass is 9.82. The van der Waals surface area contributed by atoms with Gasteiger partial charge in [0.1, 0.15) is 0 Å². The molecule has 111 heavy (non-hydrogen) atoms. The number of anilines is 9. The highest BCUT2D eigenvalue weighted by atomic mass is 79.9. The molecule has 0 fully saturated rings. The first-order valence-electron chi connectivity index (χ1n) is 42.5. The minimum atomic E-state index is -0.481. The molecule has 0 atom stereocenters. The Balaban J connectivity index is 0.000000132. The molecule has 0 aliphatic heterocycles. The molecule has 19 rings (SSSR count). The summed E-state index contributed by atoms with van der Waals surface area (Å²) in [7, 11) is 0. The van der Waals surface area contributed by atoms with Crippen molar-refractivity contribution in [1.29, 1.82) is 0 Å². The van der Waals surface area contributed by atoms with E-state index in [4.69, 9.17) is 16.4 Å². The molecule has 0 saturated heterocycles. The number of hydrogen-bond donors (Lipinski definition) is 0.